The van der Waals surface area contributed by atoms with Gasteiger partial charge in [-0.25, -0.2) is 0 Å². The van der Waals surface area contributed by atoms with Gasteiger partial charge >= 0.3 is 0 Å². The lowest BCUT2D eigenvalue weighted by atomic mass is 10.4. The molecule has 0 aromatic carbocycles. The van der Waals surface area contributed by atoms with Gasteiger partial charge in [-0.2, -0.15) is 0 Å². The van der Waals surface area contributed by atoms with E-state index >= 15 is 0 Å². The number of rotatable bonds is 0. The summed E-state index contributed by atoms with van der Waals surface area (Å²) in [4.78, 5) is 6.27. The van der Waals surface area contributed by atoms with E-state index in [-0.39, 0.29) is 0 Å². The highest BCUT2D eigenvalue weighted by atomic mass is 16.3. The Morgan fingerprint density at radius 3 is 2.23 bits per heavy atom. The molecular weight excluding hydrogens is 166 g/mol. The number of likely N-dealkylation sites (N-methyl/N-ethyl adjacent to an activating group) is 2. The van der Waals surface area contributed by atoms with Crippen LogP contribution < -0.4 is 0 Å². The molecule has 1 N–H and O–H groups in total. The predicted molar refractivity (Wildman–Crippen MR) is 53.4 cm³/mol. The third-order valence-corrected chi connectivity index (χ3v) is 2.67. The van der Waals surface area contributed by atoms with Crippen LogP contribution in [0.15, 0.2) is 0 Å². The monoisotopic (exact) mass is 187 g/mol. The second-order valence-corrected chi connectivity index (χ2v) is 3.96. The van der Waals surface area contributed by atoms with Gasteiger partial charge in [0.05, 0.1) is 0 Å². The van der Waals surface area contributed by atoms with Crippen LogP contribution in [0.1, 0.15) is 6.42 Å². The van der Waals surface area contributed by atoms with E-state index in [1.54, 1.807) is 0 Å². The highest BCUT2D eigenvalue weighted by molar-refractivity contribution is 4.65. The van der Waals surface area contributed by atoms with Crippen molar-refractivity contribution in [2.45, 2.75) is 12.8 Å². The molecule has 0 spiro atoms. The molecule has 1 aliphatic heterocycles. The molecule has 1 heterocycles. The summed E-state index contributed by atoms with van der Waals surface area (Å²) in [5.74, 6) is 0. The summed E-state index contributed by atoms with van der Waals surface area (Å²) in [7, 11) is 6.05. The zero-order valence-corrected chi connectivity index (χ0v) is 8.90. The molecule has 0 amide bonds. The summed E-state index contributed by atoms with van der Waals surface area (Å²) in [5.41, 5.74) is 0. The minimum atomic E-state index is -0.425. The smallest absolute Gasteiger partial charge is 0.165 e. The zero-order chi connectivity index (χ0) is 9.84. The molecular formula is C9H21N3O. The molecule has 4 nitrogen and oxygen atoms in total. The number of aliphatic hydroxyl groups excluding tert-OH is 1. The van der Waals surface area contributed by atoms with Crippen LogP contribution in [0.4, 0.5) is 0 Å². The fraction of sp³-hybridized carbons (Fsp3) is 1.00. The summed E-state index contributed by atoms with van der Waals surface area (Å²) < 4.78 is 0. The predicted octanol–water partition coefficient (Wildman–Crippen LogP) is -0.539. The first-order valence-electron chi connectivity index (χ1n) is 4.88. The molecule has 1 rings (SSSR count). The Hall–Kier alpha value is -0.160. The minimum Gasteiger partial charge on any atom is -0.365 e. The topological polar surface area (TPSA) is 30.0 Å². The van der Waals surface area contributed by atoms with Crippen molar-refractivity contribution >= 4 is 0 Å². The highest BCUT2D eigenvalue weighted by Crippen LogP contribution is 2.03. The second-order valence-electron chi connectivity index (χ2n) is 3.96. The number of nitrogens with zero attached hydrogens (tertiary/aromatic N) is 3. The first kappa shape index (κ1) is 10.9. The standard InChI is InChI=1S/C9H21N3O/c1-10-5-4-6-11(2)9(13)12(3)8-7-10/h9,13H,4-8H2,1-3H3. The lowest BCUT2D eigenvalue weighted by Gasteiger charge is -2.30. The fourth-order valence-corrected chi connectivity index (χ4v) is 1.60. The first-order valence-corrected chi connectivity index (χ1v) is 4.88. The van der Waals surface area contributed by atoms with Crippen LogP contribution >= 0.6 is 0 Å². The van der Waals surface area contributed by atoms with Crippen LogP contribution in [-0.4, -0.2) is 73.5 Å². The lowest BCUT2D eigenvalue weighted by molar-refractivity contribution is -0.0868. The Morgan fingerprint density at radius 2 is 1.54 bits per heavy atom. The Morgan fingerprint density at radius 1 is 0.923 bits per heavy atom. The zero-order valence-electron chi connectivity index (χ0n) is 8.90. The van der Waals surface area contributed by atoms with Gasteiger partial charge < -0.3 is 10.0 Å². The van der Waals surface area contributed by atoms with Crippen molar-refractivity contribution < 1.29 is 5.11 Å². The van der Waals surface area contributed by atoms with E-state index in [9.17, 15) is 5.11 Å². The molecule has 1 unspecified atom stereocenters. The summed E-state index contributed by atoms with van der Waals surface area (Å²) in [5, 5.41) is 9.80. The van der Waals surface area contributed by atoms with Crippen LogP contribution in [0.3, 0.4) is 0 Å². The van der Waals surface area contributed by atoms with Crippen molar-refractivity contribution in [2.24, 2.45) is 0 Å². The molecule has 4 heteroatoms. The largest absolute Gasteiger partial charge is 0.365 e. The lowest BCUT2D eigenvalue weighted by Crippen LogP contribution is -2.45. The molecule has 13 heavy (non-hydrogen) atoms. The molecule has 0 aromatic rings. The summed E-state index contributed by atoms with van der Waals surface area (Å²) in [6.45, 7) is 4.02. The fourth-order valence-electron chi connectivity index (χ4n) is 1.60. The van der Waals surface area contributed by atoms with Gasteiger partial charge in [-0.1, -0.05) is 0 Å². The molecule has 0 bridgehead atoms. The van der Waals surface area contributed by atoms with Crippen LogP contribution in [0, 0.1) is 0 Å². The van der Waals surface area contributed by atoms with Crippen molar-refractivity contribution in [2.75, 3.05) is 47.3 Å². The molecule has 78 valence electrons. The molecule has 1 saturated heterocycles. The van der Waals surface area contributed by atoms with Crippen LogP contribution in [0.5, 0.6) is 0 Å². The van der Waals surface area contributed by atoms with E-state index in [2.05, 4.69) is 11.9 Å². The van der Waals surface area contributed by atoms with E-state index in [0.29, 0.717) is 0 Å². The normalized spacial score (nSPS) is 30.9. The molecule has 0 radical (unpaired) electrons. The maximum Gasteiger partial charge on any atom is 0.165 e. The Balaban J connectivity index is 2.50. The Kier molecular flexibility index (Phi) is 4.12. The van der Waals surface area contributed by atoms with Gasteiger partial charge in [-0.05, 0) is 34.1 Å². The van der Waals surface area contributed by atoms with E-state index in [4.69, 9.17) is 0 Å². The second kappa shape index (κ2) is 4.91. The van der Waals surface area contributed by atoms with Crippen LogP contribution in [0.2, 0.25) is 0 Å². The van der Waals surface area contributed by atoms with Crippen molar-refractivity contribution in [1.29, 1.82) is 0 Å². The van der Waals surface area contributed by atoms with Crippen molar-refractivity contribution in [3.63, 3.8) is 0 Å². The van der Waals surface area contributed by atoms with Gasteiger partial charge in [0.2, 0.25) is 0 Å². The number of hydrogen-bond donors (Lipinski definition) is 1. The molecule has 1 atom stereocenters. The molecule has 0 aromatic heterocycles. The van der Waals surface area contributed by atoms with Crippen LogP contribution in [0.25, 0.3) is 0 Å². The summed E-state index contributed by atoms with van der Waals surface area (Å²) in [6.07, 6.45) is 0.698. The van der Waals surface area contributed by atoms with Gasteiger partial charge in [0.15, 0.2) is 6.35 Å². The van der Waals surface area contributed by atoms with E-state index in [0.717, 1.165) is 32.6 Å². The van der Waals surface area contributed by atoms with Crippen molar-refractivity contribution in [3.05, 3.63) is 0 Å². The maximum atomic E-state index is 9.80. The SMILES string of the molecule is CN1CCCN(C)C(O)N(C)CC1. The highest BCUT2D eigenvalue weighted by Gasteiger charge is 2.18. The quantitative estimate of drug-likeness (QED) is 0.552. The Bertz CT molecular complexity index is 154. The Labute approximate surface area is 80.7 Å². The molecule has 1 fully saturated rings. The summed E-state index contributed by atoms with van der Waals surface area (Å²) in [6, 6.07) is 0. The van der Waals surface area contributed by atoms with Gasteiger partial charge in [-0.15, -0.1) is 0 Å². The minimum absolute atomic E-state index is 0.425. The van der Waals surface area contributed by atoms with Gasteiger partial charge in [0.1, 0.15) is 0 Å². The van der Waals surface area contributed by atoms with Gasteiger partial charge in [0.25, 0.3) is 0 Å². The van der Waals surface area contributed by atoms with Crippen LogP contribution in [-0.2, 0) is 0 Å². The average Bonchev–Trinajstić information content (AvgIpc) is 2.15. The van der Waals surface area contributed by atoms with E-state index in [1.165, 1.54) is 0 Å². The third-order valence-electron chi connectivity index (χ3n) is 2.67. The first-order chi connectivity index (χ1) is 6.11. The molecule has 0 aliphatic carbocycles. The number of aliphatic hydroxyl groups is 1. The summed E-state index contributed by atoms with van der Waals surface area (Å²) >= 11 is 0. The van der Waals surface area contributed by atoms with Crippen molar-refractivity contribution in [3.8, 4) is 0 Å². The molecule has 0 saturated carbocycles. The van der Waals surface area contributed by atoms with E-state index in [1.807, 2.05) is 23.9 Å². The van der Waals surface area contributed by atoms with Gasteiger partial charge in [-0.3, -0.25) is 9.80 Å². The maximum absolute atomic E-state index is 9.80. The average molecular weight is 187 g/mol. The third kappa shape index (κ3) is 3.23. The van der Waals surface area contributed by atoms with Gasteiger partial charge in [0, 0.05) is 19.6 Å². The van der Waals surface area contributed by atoms with E-state index < -0.39 is 6.35 Å². The molecule has 1 aliphatic rings. The number of hydrogen-bond acceptors (Lipinski definition) is 4. The van der Waals surface area contributed by atoms with Crippen molar-refractivity contribution in [1.82, 2.24) is 14.7 Å².